The normalized spacial score (nSPS) is 16.7. The van der Waals surface area contributed by atoms with Crippen LogP contribution in [-0.4, -0.2) is 44.8 Å². The first-order valence-electron chi connectivity index (χ1n) is 7.38. The van der Waals surface area contributed by atoms with Gasteiger partial charge in [-0.25, -0.2) is 9.18 Å². The van der Waals surface area contributed by atoms with E-state index in [0.29, 0.717) is 18.0 Å². The number of benzene rings is 1. The summed E-state index contributed by atoms with van der Waals surface area (Å²) >= 11 is 0. The van der Waals surface area contributed by atoms with Gasteiger partial charge in [-0.3, -0.25) is 10.1 Å². The molecule has 0 aliphatic carbocycles. The zero-order valence-electron chi connectivity index (χ0n) is 12.9. The van der Waals surface area contributed by atoms with Gasteiger partial charge in [0.2, 0.25) is 5.91 Å². The Balaban J connectivity index is 1.92. The maximum absolute atomic E-state index is 13.4. The summed E-state index contributed by atoms with van der Waals surface area (Å²) in [5.41, 5.74) is 0.343. The molecule has 1 aromatic carbocycles. The quantitative estimate of drug-likeness (QED) is 0.732. The molecule has 2 rings (SSSR count). The van der Waals surface area contributed by atoms with E-state index in [1.54, 1.807) is 0 Å². The molecule has 1 saturated heterocycles. The Morgan fingerprint density at radius 1 is 1.43 bits per heavy atom. The minimum Gasteiger partial charge on any atom is -0.489 e. The molecule has 3 N–H and O–H groups in total. The Labute approximate surface area is 133 Å². The highest BCUT2D eigenvalue weighted by Gasteiger charge is 2.17. The Hall–Kier alpha value is -2.35. The molecule has 1 unspecified atom stereocenters. The molecule has 23 heavy (non-hydrogen) atoms. The minimum absolute atomic E-state index is 0.0319. The van der Waals surface area contributed by atoms with E-state index in [1.807, 2.05) is 0 Å². The third kappa shape index (κ3) is 5.41. The first kappa shape index (κ1) is 17.0. The number of rotatable bonds is 6. The lowest BCUT2D eigenvalue weighted by molar-refractivity contribution is -0.118. The van der Waals surface area contributed by atoms with Crippen LogP contribution < -0.4 is 20.7 Å². The fourth-order valence-electron chi connectivity index (χ4n) is 2.13. The number of anilines is 1. The highest BCUT2D eigenvalue weighted by molar-refractivity contribution is 5.96. The number of halogens is 1. The molecular formula is C15H20FN3O4. The van der Waals surface area contributed by atoms with E-state index in [4.69, 9.17) is 9.47 Å². The molecule has 0 aromatic heterocycles. The Bertz CT molecular complexity index is 562. The van der Waals surface area contributed by atoms with E-state index in [0.717, 1.165) is 19.4 Å². The summed E-state index contributed by atoms with van der Waals surface area (Å²) in [4.78, 5) is 22.6. The van der Waals surface area contributed by atoms with Crippen molar-refractivity contribution in [3.8, 4) is 5.75 Å². The number of urea groups is 1. The molecule has 3 amide bonds. The molecule has 126 valence electrons. The lowest BCUT2D eigenvalue weighted by atomic mass is 10.2. The summed E-state index contributed by atoms with van der Waals surface area (Å²) in [6.07, 6.45) is 1.96. The fourth-order valence-corrected chi connectivity index (χ4v) is 2.13. The van der Waals surface area contributed by atoms with Gasteiger partial charge in [0.05, 0.1) is 18.3 Å². The lowest BCUT2D eigenvalue weighted by Crippen LogP contribution is -2.40. The smallest absolute Gasteiger partial charge is 0.321 e. The van der Waals surface area contributed by atoms with Gasteiger partial charge in [-0.15, -0.1) is 0 Å². The third-order valence-corrected chi connectivity index (χ3v) is 3.31. The predicted octanol–water partition coefficient (Wildman–Crippen LogP) is 1.25. The molecule has 1 aromatic rings. The minimum atomic E-state index is -0.606. The molecular weight excluding hydrogens is 305 g/mol. The van der Waals surface area contributed by atoms with Gasteiger partial charge in [-0.05, 0) is 25.0 Å². The van der Waals surface area contributed by atoms with Crippen molar-refractivity contribution in [3.05, 3.63) is 24.0 Å². The maximum atomic E-state index is 13.4. The van der Waals surface area contributed by atoms with Crippen molar-refractivity contribution in [2.45, 2.75) is 18.9 Å². The van der Waals surface area contributed by atoms with Crippen LogP contribution in [-0.2, 0) is 9.53 Å². The summed E-state index contributed by atoms with van der Waals surface area (Å²) in [5.74, 6) is -0.572. The summed E-state index contributed by atoms with van der Waals surface area (Å²) in [6.45, 7) is 0.903. The van der Waals surface area contributed by atoms with Crippen molar-refractivity contribution in [2.24, 2.45) is 0 Å². The fraction of sp³-hybridized carbons (Fsp3) is 0.467. The van der Waals surface area contributed by atoms with Crippen LogP contribution in [0.25, 0.3) is 0 Å². The number of carbonyl (C=O) groups is 2. The number of hydrogen-bond donors (Lipinski definition) is 3. The Morgan fingerprint density at radius 3 is 2.96 bits per heavy atom. The van der Waals surface area contributed by atoms with Gasteiger partial charge in [0.25, 0.3) is 0 Å². The van der Waals surface area contributed by atoms with Crippen molar-refractivity contribution < 1.29 is 23.5 Å². The average molecular weight is 325 g/mol. The molecule has 7 nitrogen and oxygen atoms in total. The van der Waals surface area contributed by atoms with Gasteiger partial charge < -0.3 is 20.1 Å². The van der Waals surface area contributed by atoms with Crippen LogP contribution in [0, 0.1) is 5.82 Å². The van der Waals surface area contributed by atoms with Crippen molar-refractivity contribution in [2.75, 3.05) is 32.1 Å². The first-order chi connectivity index (χ1) is 11.1. The van der Waals surface area contributed by atoms with E-state index >= 15 is 0 Å². The monoisotopic (exact) mass is 325 g/mol. The van der Waals surface area contributed by atoms with Crippen molar-refractivity contribution in [3.63, 3.8) is 0 Å². The van der Waals surface area contributed by atoms with Crippen LogP contribution in [0.4, 0.5) is 14.9 Å². The van der Waals surface area contributed by atoms with Crippen LogP contribution in [0.1, 0.15) is 12.8 Å². The summed E-state index contributed by atoms with van der Waals surface area (Å²) in [7, 11) is 1.40. The van der Waals surface area contributed by atoms with Crippen molar-refractivity contribution >= 4 is 17.6 Å². The number of carbonyl (C=O) groups excluding carboxylic acids is 2. The van der Waals surface area contributed by atoms with Crippen LogP contribution in [0.3, 0.4) is 0 Å². The Kier molecular flexibility index (Phi) is 6.16. The van der Waals surface area contributed by atoms with Crippen LogP contribution in [0.2, 0.25) is 0 Å². The largest absolute Gasteiger partial charge is 0.489 e. The maximum Gasteiger partial charge on any atom is 0.321 e. The molecule has 1 fully saturated rings. The van der Waals surface area contributed by atoms with Gasteiger partial charge in [0.15, 0.2) is 0 Å². The van der Waals surface area contributed by atoms with Crippen molar-refractivity contribution in [1.29, 1.82) is 0 Å². The summed E-state index contributed by atoms with van der Waals surface area (Å²) < 4.78 is 24.5. The third-order valence-electron chi connectivity index (χ3n) is 3.31. The lowest BCUT2D eigenvalue weighted by Gasteiger charge is -2.15. The number of amides is 3. The summed E-state index contributed by atoms with van der Waals surface area (Å²) in [6, 6.07) is 3.40. The molecule has 1 atom stereocenters. The van der Waals surface area contributed by atoms with Crippen molar-refractivity contribution in [1.82, 2.24) is 10.6 Å². The topological polar surface area (TPSA) is 88.7 Å². The number of hydrogen-bond acceptors (Lipinski definition) is 5. The van der Waals surface area contributed by atoms with E-state index in [2.05, 4.69) is 16.0 Å². The highest BCUT2D eigenvalue weighted by Crippen LogP contribution is 2.26. The zero-order valence-corrected chi connectivity index (χ0v) is 12.9. The number of imide groups is 1. The Morgan fingerprint density at radius 2 is 2.26 bits per heavy atom. The van der Waals surface area contributed by atoms with E-state index in [-0.39, 0.29) is 12.6 Å². The van der Waals surface area contributed by atoms with Crippen LogP contribution in [0.15, 0.2) is 18.2 Å². The van der Waals surface area contributed by atoms with Crippen LogP contribution in [0.5, 0.6) is 5.75 Å². The summed E-state index contributed by atoms with van der Waals surface area (Å²) in [5, 5.41) is 7.13. The average Bonchev–Trinajstić information content (AvgIpc) is 3.05. The second-order valence-corrected chi connectivity index (χ2v) is 5.07. The van der Waals surface area contributed by atoms with E-state index < -0.39 is 17.8 Å². The van der Waals surface area contributed by atoms with Gasteiger partial charge in [0, 0.05) is 19.7 Å². The second kappa shape index (κ2) is 8.33. The first-order valence-corrected chi connectivity index (χ1v) is 7.38. The number of ether oxygens (including phenoxy) is 2. The van der Waals surface area contributed by atoms with Crippen LogP contribution >= 0.6 is 0 Å². The van der Waals surface area contributed by atoms with Gasteiger partial charge in [-0.1, -0.05) is 0 Å². The molecule has 0 saturated carbocycles. The molecule has 8 heteroatoms. The molecule has 1 aliphatic rings. The number of nitrogens with one attached hydrogen (secondary N) is 3. The highest BCUT2D eigenvalue weighted by atomic mass is 19.1. The molecule has 0 bridgehead atoms. The zero-order chi connectivity index (χ0) is 16.7. The molecule has 0 radical (unpaired) electrons. The standard InChI is InChI=1S/C15H20FN3O4/c1-17-15(21)19-14(20)8-18-12-7-10(16)4-5-13(12)23-9-11-3-2-6-22-11/h4-5,7,11,18H,2-3,6,8-9H2,1H3,(H2,17,19,20,21). The molecule has 1 aliphatic heterocycles. The predicted molar refractivity (Wildman–Crippen MR) is 82.0 cm³/mol. The van der Waals surface area contributed by atoms with Gasteiger partial charge >= 0.3 is 6.03 Å². The second-order valence-electron chi connectivity index (χ2n) is 5.07. The van der Waals surface area contributed by atoms with E-state index in [1.165, 1.54) is 25.2 Å². The SMILES string of the molecule is CNC(=O)NC(=O)CNc1cc(F)ccc1OCC1CCCO1. The van der Waals surface area contributed by atoms with Gasteiger partial charge in [-0.2, -0.15) is 0 Å². The van der Waals surface area contributed by atoms with Gasteiger partial charge in [0.1, 0.15) is 18.2 Å². The molecule has 0 spiro atoms. The van der Waals surface area contributed by atoms with E-state index in [9.17, 15) is 14.0 Å². The molecule has 1 heterocycles.